The first-order valence-electron chi connectivity index (χ1n) is 25.5. The zero-order valence-corrected chi connectivity index (χ0v) is 44.8. The van der Waals surface area contributed by atoms with E-state index < -0.39 is 0 Å². The number of benzene rings is 5. The lowest BCUT2D eigenvalue weighted by molar-refractivity contribution is 0.137. The second-order valence-corrected chi connectivity index (χ2v) is 22.2. The number of rotatable bonds is 15. The number of aliphatic imine (C=N–C) groups is 2. The van der Waals surface area contributed by atoms with Gasteiger partial charge in [0.1, 0.15) is 0 Å². The average Bonchev–Trinajstić information content (AvgIpc) is 3.37. The van der Waals surface area contributed by atoms with Gasteiger partial charge in [0.05, 0.1) is 22.4 Å². The molecule has 0 bridgehead atoms. The number of hydrogen-bond donors (Lipinski definition) is 5. The Balaban J connectivity index is 0.780. The van der Waals surface area contributed by atoms with Gasteiger partial charge in [-0.2, -0.15) is 9.98 Å². The van der Waals surface area contributed by atoms with Crippen LogP contribution in [0.2, 0.25) is 10.0 Å². The summed E-state index contributed by atoms with van der Waals surface area (Å²) in [7, 11) is 0. The number of aromatic nitrogens is 4. The third kappa shape index (κ3) is 11.8. The van der Waals surface area contributed by atoms with Gasteiger partial charge in [-0.1, -0.05) is 99.4 Å². The maximum absolute atomic E-state index is 6.82. The molecule has 17 heteroatoms. The molecule has 0 radical (unpaired) electrons. The van der Waals surface area contributed by atoms with Crippen molar-refractivity contribution in [2.75, 3.05) is 62.2 Å². The molecule has 15 nitrogen and oxygen atoms in total. The summed E-state index contributed by atoms with van der Waals surface area (Å²) in [5.41, 5.74) is 39.2. The molecule has 2 aromatic heterocycles. The van der Waals surface area contributed by atoms with E-state index in [1.807, 2.05) is 24.3 Å². The van der Waals surface area contributed by atoms with Crippen LogP contribution in [0, 0.1) is 0 Å². The fourth-order valence-electron chi connectivity index (χ4n) is 11.0. The number of fused-ring (bicyclic) bond motifs is 2. The van der Waals surface area contributed by atoms with Crippen LogP contribution in [-0.2, 0) is 10.8 Å². The van der Waals surface area contributed by atoms with E-state index >= 15 is 0 Å². The molecule has 74 heavy (non-hydrogen) atoms. The Kier molecular flexibility index (Phi) is 15.3. The molecular weight excluding hydrogens is 966 g/mol. The van der Waals surface area contributed by atoms with Crippen LogP contribution in [-0.4, -0.2) is 112 Å². The monoisotopic (exact) mass is 1030 g/mol. The molecular formula is C57H69Cl2N15. The minimum absolute atomic E-state index is 0.00346. The van der Waals surface area contributed by atoms with Crippen LogP contribution in [0.3, 0.4) is 0 Å². The van der Waals surface area contributed by atoms with E-state index in [0.29, 0.717) is 27.1 Å². The summed E-state index contributed by atoms with van der Waals surface area (Å²) < 4.78 is 0. The summed E-state index contributed by atoms with van der Waals surface area (Å²) in [6.07, 6.45) is 2.02. The number of nitrogens with two attached hydrogens (primary N) is 5. The molecule has 2 aliphatic rings. The van der Waals surface area contributed by atoms with Crippen molar-refractivity contribution in [3.63, 3.8) is 0 Å². The fourth-order valence-corrected chi connectivity index (χ4v) is 11.3. The van der Waals surface area contributed by atoms with Crippen molar-refractivity contribution in [3.05, 3.63) is 130 Å². The maximum Gasteiger partial charge on any atom is 0.253 e. The minimum Gasteiger partial charge on any atom is -0.370 e. The van der Waals surface area contributed by atoms with Crippen molar-refractivity contribution in [1.29, 1.82) is 0 Å². The predicted molar refractivity (Wildman–Crippen MR) is 307 cm³/mol. The van der Waals surface area contributed by atoms with Crippen LogP contribution in [0.1, 0.15) is 65.5 Å². The second kappa shape index (κ2) is 21.7. The van der Waals surface area contributed by atoms with Gasteiger partial charge in [0, 0.05) is 114 Å². The van der Waals surface area contributed by atoms with Gasteiger partial charge < -0.3 is 38.5 Å². The second-order valence-electron chi connectivity index (χ2n) is 21.3. The first-order chi connectivity index (χ1) is 35.3. The molecule has 0 saturated carbocycles. The van der Waals surface area contributed by atoms with Crippen molar-refractivity contribution >= 4 is 80.2 Å². The SMILES string of the molecule is CC(N)C(CC(C)(C)c1ccc(C(C)(C)CC(C)N2CCN(c3ccc(-c4nc(N=C(N)N)nc5ccc(Cl)cc45)cc3)CC2)cc1)N1CCN(c2ccc(-c3nc(N=C(N)N)nc4ccc(Cl)cc34)cc2)CC1. The van der Waals surface area contributed by atoms with Gasteiger partial charge in [-0.05, 0) is 109 Å². The van der Waals surface area contributed by atoms with Gasteiger partial charge in [0.2, 0.25) is 0 Å². The van der Waals surface area contributed by atoms with E-state index in [0.717, 1.165) is 104 Å². The smallest absolute Gasteiger partial charge is 0.253 e. The molecule has 0 spiro atoms. The topological polar surface area (TPSA) is 219 Å². The number of guanidine groups is 2. The van der Waals surface area contributed by atoms with E-state index in [2.05, 4.69) is 154 Å². The van der Waals surface area contributed by atoms with Crippen LogP contribution in [0.5, 0.6) is 0 Å². The standard InChI is InChI=1S/C57H69Cl2N15/c1-35(71-23-25-72(26-24-71)43-17-7-37(8-18-43)50-45-31-41(58)15-21-47(45)65-54(67-50)69-52(61)62)33-56(3,4)39-11-13-40(14-12-39)57(5,6)34-49(36(2)60)74-29-27-73(28-30-74)44-19-9-38(10-20-44)51-46-32-42(59)16-22-48(46)66-55(68-51)70-53(63)64/h7-22,31-32,35-36,49H,23-30,33-34,60H2,1-6H3,(H4,61,62,65,67,69)(H4,63,64,66,68,70). The van der Waals surface area contributed by atoms with E-state index in [4.69, 9.17) is 61.8 Å². The van der Waals surface area contributed by atoms with Gasteiger partial charge in [0.25, 0.3) is 11.9 Å². The summed E-state index contributed by atoms with van der Waals surface area (Å²) in [6, 6.07) is 38.2. The number of nitrogens with zero attached hydrogens (tertiary/aromatic N) is 10. The summed E-state index contributed by atoms with van der Waals surface area (Å²) in [5.74, 6) is 0.222. The van der Waals surface area contributed by atoms with Crippen molar-refractivity contribution in [2.45, 2.75) is 83.3 Å². The molecule has 3 unspecified atom stereocenters. The molecule has 5 aromatic carbocycles. The highest BCUT2D eigenvalue weighted by molar-refractivity contribution is 6.31. The minimum atomic E-state index is -0.0995. The van der Waals surface area contributed by atoms with Crippen LogP contribution < -0.4 is 38.5 Å². The Hall–Kier alpha value is -6.62. The molecule has 2 aliphatic heterocycles. The highest BCUT2D eigenvalue weighted by Gasteiger charge is 2.34. The number of anilines is 2. The summed E-state index contributed by atoms with van der Waals surface area (Å²) >= 11 is 12.8. The molecule has 4 heterocycles. The van der Waals surface area contributed by atoms with Gasteiger partial charge in [0.15, 0.2) is 11.9 Å². The van der Waals surface area contributed by atoms with Crippen molar-refractivity contribution in [2.24, 2.45) is 38.7 Å². The fraction of sp³-hybridized carbons (Fsp3) is 0.368. The highest BCUT2D eigenvalue weighted by atomic mass is 35.5. The average molecular weight is 1040 g/mol. The summed E-state index contributed by atoms with van der Waals surface area (Å²) in [6.45, 7) is 21.6. The lowest BCUT2D eigenvalue weighted by Gasteiger charge is -2.44. The molecule has 10 N–H and O–H groups in total. The van der Waals surface area contributed by atoms with Gasteiger partial charge in [-0.15, -0.1) is 0 Å². The molecule has 2 fully saturated rings. The first-order valence-corrected chi connectivity index (χ1v) is 26.3. The predicted octanol–water partition coefficient (Wildman–Crippen LogP) is 9.11. The summed E-state index contributed by atoms with van der Waals surface area (Å²) in [5, 5.41) is 2.88. The third-order valence-electron chi connectivity index (χ3n) is 15.1. The lowest BCUT2D eigenvalue weighted by Crippen LogP contribution is -2.56. The Morgan fingerprint density at radius 1 is 0.527 bits per heavy atom. The molecule has 3 atom stereocenters. The molecule has 0 amide bonds. The lowest BCUT2D eigenvalue weighted by atomic mass is 9.74. The Labute approximate surface area is 444 Å². The van der Waals surface area contributed by atoms with E-state index in [-0.39, 0.29) is 46.7 Å². The summed E-state index contributed by atoms with van der Waals surface area (Å²) in [4.78, 5) is 36.8. The maximum atomic E-state index is 6.82. The Bertz CT molecular complexity index is 3150. The first kappa shape index (κ1) is 52.3. The quantitative estimate of drug-likeness (QED) is 0.0479. The molecule has 9 rings (SSSR count). The highest BCUT2D eigenvalue weighted by Crippen LogP contribution is 2.37. The van der Waals surface area contributed by atoms with Gasteiger partial charge in [-0.3, -0.25) is 9.80 Å². The van der Waals surface area contributed by atoms with Crippen molar-refractivity contribution in [3.8, 4) is 22.5 Å². The molecule has 0 aliphatic carbocycles. The molecule has 386 valence electrons. The zero-order valence-electron chi connectivity index (χ0n) is 43.3. The van der Waals surface area contributed by atoms with Crippen molar-refractivity contribution in [1.82, 2.24) is 29.7 Å². The number of halogens is 2. The normalized spacial score (nSPS) is 16.3. The van der Waals surface area contributed by atoms with Crippen molar-refractivity contribution < 1.29 is 0 Å². The molecule has 2 saturated heterocycles. The number of hydrogen-bond acceptors (Lipinski definition) is 11. The van der Waals surface area contributed by atoms with E-state index in [1.165, 1.54) is 16.8 Å². The van der Waals surface area contributed by atoms with Crippen LogP contribution in [0.25, 0.3) is 44.3 Å². The van der Waals surface area contributed by atoms with Gasteiger partial charge in [-0.25, -0.2) is 19.9 Å². The Morgan fingerprint density at radius 3 is 1.31 bits per heavy atom. The van der Waals surface area contributed by atoms with Gasteiger partial charge >= 0.3 is 0 Å². The largest absolute Gasteiger partial charge is 0.370 e. The van der Waals surface area contributed by atoms with Crippen LogP contribution >= 0.6 is 23.2 Å². The number of piperazine rings is 2. The van der Waals surface area contributed by atoms with E-state index in [1.54, 1.807) is 12.1 Å². The molecule has 7 aromatic rings. The zero-order chi connectivity index (χ0) is 52.5. The van der Waals surface area contributed by atoms with Crippen LogP contribution in [0.4, 0.5) is 23.3 Å². The van der Waals surface area contributed by atoms with Crippen LogP contribution in [0.15, 0.2) is 119 Å². The Morgan fingerprint density at radius 2 is 0.919 bits per heavy atom. The van der Waals surface area contributed by atoms with E-state index in [9.17, 15) is 0 Å². The third-order valence-corrected chi connectivity index (χ3v) is 15.5.